The predicted molar refractivity (Wildman–Crippen MR) is 106 cm³/mol. The number of pyridine rings is 1. The van der Waals surface area contributed by atoms with E-state index >= 15 is 0 Å². The average Bonchev–Trinajstić information content (AvgIpc) is 2.54. The Labute approximate surface area is 175 Å². The molecule has 0 unspecified atom stereocenters. The third-order valence-corrected chi connectivity index (χ3v) is 4.96. The quantitative estimate of drug-likeness (QED) is 0.212. The molecule has 0 atom stereocenters. The van der Waals surface area contributed by atoms with Crippen LogP contribution in [0.25, 0.3) is 0 Å². The summed E-state index contributed by atoms with van der Waals surface area (Å²) in [6.45, 7) is 7.85. The molecule has 0 amide bonds. The van der Waals surface area contributed by atoms with Crippen LogP contribution in [0.3, 0.4) is 0 Å². The minimum absolute atomic E-state index is 0. The van der Waals surface area contributed by atoms with Crippen molar-refractivity contribution in [2.24, 2.45) is 0 Å². The smallest absolute Gasteiger partial charge is 0.171 e. The highest BCUT2D eigenvalue weighted by Crippen LogP contribution is 2.12. The molecule has 0 radical (unpaired) electrons. The molecule has 0 aliphatic rings. The molecule has 25 heavy (non-hydrogen) atoms. The Bertz CT molecular complexity index is 396. The molecule has 0 N–H and O–H groups in total. The molecule has 146 valence electrons. The summed E-state index contributed by atoms with van der Waals surface area (Å²) >= 11 is 0. The first kappa shape index (κ1) is 24.9. The zero-order valence-electron chi connectivity index (χ0n) is 17.2. The zero-order chi connectivity index (χ0) is 17.5. The average molecular weight is 460 g/mol. The lowest BCUT2D eigenvalue weighted by molar-refractivity contribution is -0.698. The normalized spacial score (nSPS) is 10.7. The van der Waals surface area contributed by atoms with Gasteiger partial charge in [-0.1, -0.05) is 84.0 Å². The summed E-state index contributed by atoms with van der Waals surface area (Å²) in [6, 6.07) is 2.25. The van der Waals surface area contributed by atoms with E-state index in [1.807, 2.05) is 0 Å². The van der Waals surface area contributed by atoms with E-state index in [1.54, 1.807) is 0 Å². The summed E-state index contributed by atoms with van der Waals surface area (Å²) in [5.41, 5.74) is 2.75. The van der Waals surface area contributed by atoms with Crippen molar-refractivity contribution in [1.29, 1.82) is 0 Å². The summed E-state index contributed by atoms with van der Waals surface area (Å²) in [4.78, 5) is 0. The van der Waals surface area contributed by atoms with Gasteiger partial charge in [0.15, 0.2) is 12.4 Å². The van der Waals surface area contributed by atoms with Gasteiger partial charge in [0, 0.05) is 17.5 Å². The molecule has 0 spiro atoms. The Kier molecular flexibility index (Phi) is 17.2. The fraction of sp³-hybridized carbons (Fsp3) is 0.783. The fourth-order valence-corrected chi connectivity index (χ4v) is 3.61. The molecule has 0 aliphatic carbocycles. The Hall–Kier alpha value is -0.120. The van der Waals surface area contributed by atoms with Gasteiger partial charge in [-0.3, -0.25) is 0 Å². The van der Waals surface area contributed by atoms with Crippen LogP contribution in [0.4, 0.5) is 0 Å². The molecule has 1 heterocycles. The molecule has 0 aliphatic heterocycles. The minimum Gasteiger partial charge on any atom is -1.00 e. The maximum atomic E-state index is 2.37. The van der Waals surface area contributed by atoms with Crippen LogP contribution in [0.2, 0.25) is 0 Å². The van der Waals surface area contributed by atoms with Gasteiger partial charge in [0.25, 0.3) is 0 Å². The highest BCUT2D eigenvalue weighted by atomic mass is 127. The van der Waals surface area contributed by atoms with Gasteiger partial charge in [-0.2, -0.15) is 0 Å². The lowest BCUT2D eigenvalue weighted by atomic mass is 10.0. The lowest BCUT2D eigenvalue weighted by Gasteiger charge is -2.03. The number of hydrogen-bond acceptors (Lipinski definition) is 0. The van der Waals surface area contributed by atoms with Crippen LogP contribution in [0, 0.1) is 13.8 Å². The number of halogens is 1. The van der Waals surface area contributed by atoms with Crippen LogP contribution in [-0.2, 0) is 6.54 Å². The van der Waals surface area contributed by atoms with E-state index in [1.165, 1.54) is 108 Å². The van der Waals surface area contributed by atoms with Crippen molar-refractivity contribution in [3.8, 4) is 0 Å². The van der Waals surface area contributed by atoms with Crippen LogP contribution >= 0.6 is 0 Å². The molecular weight excluding hydrogens is 417 g/mol. The highest BCUT2D eigenvalue weighted by molar-refractivity contribution is 5.11. The molecule has 2 heteroatoms. The molecule has 0 saturated carbocycles. The van der Waals surface area contributed by atoms with Crippen LogP contribution in [-0.4, -0.2) is 0 Å². The van der Waals surface area contributed by atoms with Crippen molar-refractivity contribution in [2.75, 3.05) is 0 Å². The molecule has 1 aromatic heterocycles. The summed E-state index contributed by atoms with van der Waals surface area (Å²) in [5.74, 6) is 0. The predicted octanol–water partition coefficient (Wildman–Crippen LogP) is 4.08. The largest absolute Gasteiger partial charge is 1.00 e. The van der Waals surface area contributed by atoms with Crippen molar-refractivity contribution in [2.45, 2.75) is 117 Å². The summed E-state index contributed by atoms with van der Waals surface area (Å²) in [7, 11) is 0. The number of aromatic nitrogens is 1. The standard InChI is InChI=1S/C23H42N.HI/c1-4-5-6-7-8-9-10-11-12-13-14-15-16-17-18-24-20-22(2)19-23(3)21-24;/h19-21H,4-18H2,1-3H3;1H/q+1;/p-1. The second-order valence-electron chi connectivity index (χ2n) is 7.72. The lowest BCUT2D eigenvalue weighted by Crippen LogP contribution is -3.00. The maximum absolute atomic E-state index is 2.37. The molecule has 0 aromatic carbocycles. The second-order valence-corrected chi connectivity index (χ2v) is 7.72. The van der Waals surface area contributed by atoms with Crippen LogP contribution in [0.5, 0.6) is 0 Å². The van der Waals surface area contributed by atoms with Gasteiger partial charge >= 0.3 is 0 Å². The Morgan fingerprint density at radius 3 is 1.36 bits per heavy atom. The second kappa shape index (κ2) is 17.3. The Morgan fingerprint density at radius 1 is 0.600 bits per heavy atom. The van der Waals surface area contributed by atoms with Gasteiger partial charge in [-0.15, -0.1) is 0 Å². The van der Waals surface area contributed by atoms with Crippen molar-refractivity contribution >= 4 is 0 Å². The molecule has 1 nitrogen and oxygen atoms in total. The number of rotatable bonds is 15. The van der Waals surface area contributed by atoms with E-state index in [9.17, 15) is 0 Å². The summed E-state index contributed by atoms with van der Waals surface area (Å²) < 4.78 is 2.37. The number of nitrogens with zero attached hydrogens (tertiary/aromatic N) is 1. The first-order valence-corrected chi connectivity index (χ1v) is 10.7. The van der Waals surface area contributed by atoms with Crippen molar-refractivity contribution < 1.29 is 28.5 Å². The van der Waals surface area contributed by atoms with Crippen LogP contribution in [0.1, 0.15) is 108 Å². The number of aryl methyl sites for hydroxylation is 3. The topological polar surface area (TPSA) is 3.88 Å². The van der Waals surface area contributed by atoms with E-state index in [2.05, 4.69) is 43.8 Å². The van der Waals surface area contributed by atoms with Crippen molar-refractivity contribution in [1.82, 2.24) is 0 Å². The minimum atomic E-state index is 0. The third-order valence-electron chi connectivity index (χ3n) is 4.96. The van der Waals surface area contributed by atoms with E-state index in [0.29, 0.717) is 0 Å². The maximum Gasteiger partial charge on any atom is 0.171 e. The van der Waals surface area contributed by atoms with Gasteiger partial charge in [-0.25, -0.2) is 4.57 Å². The van der Waals surface area contributed by atoms with Gasteiger partial charge < -0.3 is 24.0 Å². The fourth-order valence-electron chi connectivity index (χ4n) is 3.61. The van der Waals surface area contributed by atoms with E-state index in [-0.39, 0.29) is 24.0 Å². The number of hydrogen-bond donors (Lipinski definition) is 0. The van der Waals surface area contributed by atoms with E-state index in [4.69, 9.17) is 0 Å². The first-order chi connectivity index (χ1) is 11.7. The zero-order valence-corrected chi connectivity index (χ0v) is 19.3. The van der Waals surface area contributed by atoms with E-state index < -0.39 is 0 Å². The molecule has 0 bridgehead atoms. The number of unbranched alkanes of at least 4 members (excludes halogenated alkanes) is 13. The van der Waals surface area contributed by atoms with Gasteiger partial charge in [0.05, 0.1) is 0 Å². The van der Waals surface area contributed by atoms with Crippen molar-refractivity contribution in [3.05, 3.63) is 29.6 Å². The highest BCUT2D eigenvalue weighted by Gasteiger charge is 2.02. The SMILES string of the molecule is CCCCCCCCCCCCCCCC[n+]1cc(C)cc(C)c1.[I-]. The molecular formula is C23H42IN. The summed E-state index contributed by atoms with van der Waals surface area (Å²) in [5, 5.41) is 0. The van der Waals surface area contributed by atoms with Gasteiger partial charge in [0.2, 0.25) is 0 Å². The molecule has 1 aromatic rings. The Balaban J connectivity index is 0.00000576. The molecule has 0 fully saturated rings. The molecule has 1 rings (SSSR count). The third kappa shape index (κ3) is 14.7. The monoisotopic (exact) mass is 459 g/mol. The van der Waals surface area contributed by atoms with Gasteiger partial charge in [-0.05, 0) is 26.3 Å². The van der Waals surface area contributed by atoms with Crippen LogP contribution < -0.4 is 28.5 Å². The summed E-state index contributed by atoms with van der Waals surface area (Å²) in [6.07, 6.45) is 24.6. The van der Waals surface area contributed by atoms with Crippen molar-refractivity contribution in [3.63, 3.8) is 0 Å². The molecule has 0 saturated heterocycles. The van der Waals surface area contributed by atoms with Gasteiger partial charge in [0.1, 0.15) is 6.54 Å². The van der Waals surface area contributed by atoms with E-state index in [0.717, 1.165) is 0 Å². The Morgan fingerprint density at radius 2 is 0.960 bits per heavy atom. The first-order valence-electron chi connectivity index (χ1n) is 10.7. The van der Waals surface area contributed by atoms with Crippen LogP contribution in [0.15, 0.2) is 18.5 Å².